The second-order valence-corrected chi connectivity index (χ2v) is 6.47. The number of hydrogen-bond acceptors (Lipinski definition) is 4. The summed E-state index contributed by atoms with van der Waals surface area (Å²) < 4.78 is 1.66. The van der Waals surface area contributed by atoms with Crippen LogP contribution in [0.3, 0.4) is 0 Å². The lowest BCUT2D eigenvalue weighted by Gasteiger charge is -2.07. The van der Waals surface area contributed by atoms with Crippen LogP contribution in [0, 0.1) is 0 Å². The van der Waals surface area contributed by atoms with Gasteiger partial charge in [0.1, 0.15) is 6.33 Å². The predicted octanol–water partition coefficient (Wildman–Crippen LogP) is 4.30. The number of hydrogen-bond donors (Lipinski definition) is 1. The number of aromatic nitrogens is 3. The third kappa shape index (κ3) is 4.08. The van der Waals surface area contributed by atoms with Gasteiger partial charge in [-0.1, -0.05) is 59.2 Å². The molecule has 0 unspecified atom stereocenters. The van der Waals surface area contributed by atoms with Gasteiger partial charge < -0.3 is 5.32 Å². The van der Waals surface area contributed by atoms with Crippen molar-refractivity contribution in [2.75, 3.05) is 11.1 Å². The van der Waals surface area contributed by atoms with E-state index in [1.165, 1.54) is 11.8 Å². The van der Waals surface area contributed by atoms with Crippen molar-refractivity contribution >= 4 is 46.6 Å². The van der Waals surface area contributed by atoms with Gasteiger partial charge in [0.05, 0.1) is 27.2 Å². The van der Waals surface area contributed by atoms with Crippen LogP contribution in [0.15, 0.2) is 60.0 Å². The average Bonchev–Trinajstić information content (AvgIpc) is 3.07. The lowest BCUT2D eigenvalue weighted by molar-refractivity contribution is -0.113. The molecule has 0 aliphatic carbocycles. The molecular formula is C16H12Cl2N4OS. The van der Waals surface area contributed by atoms with E-state index in [2.05, 4.69) is 15.4 Å². The van der Waals surface area contributed by atoms with E-state index in [0.29, 0.717) is 20.9 Å². The molecule has 0 aliphatic heterocycles. The summed E-state index contributed by atoms with van der Waals surface area (Å²) in [6, 6.07) is 14.7. The third-order valence-corrected chi connectivity index (χ3v) is 4.72. The Morgan fingerprint density at radius 2 is 1.92 bits per heavy atom. The molecule has 24 heavy (non-hydrogen) atoms. The summed E-state index contributed by atoms with van der Waals surface area (Å²) in [5.74, 6) is -0.0398. The number of anilines is 1. The molecule has 0 saturated carbocycles. The Morgan fingerprint density at radius 3 is 2.71 bits per heavy atom. The highest BCUT2D eigenvalue weighted by molar-refractivity contribution is 7.99. The monoisotopic (exact) mass is 378 g/mol. The molecule has 1 N–H and O–H groups in total. The maximum absolute atomic E-state index is 12.0. The summed E-state index contributed by atoms with van der Waals surface area (Å²) in [6.45, 7) is 0. The van der Waals surface area contributed by atoms with E-state index in [0.717, 1.165) is 5.69 Å². The van der Waals surface area contributed by atoms with Crippen LogP contribution in [0.1, 0.15) is 0 Å². The van der Waals surface area contributed by atoms with Gasteiger partial charge in [0.15, 0.2) is 0 Å². The van der Waals surface area contributed by atoms with Crippen LogP contribution in [0.2, 0.25) is 10.0 Å². The van der Waals surface area contributed by atoms with E-state index in [9.17, 15) is 4.79 Å². The quantitative estimate of drug-likeness (QED) is 0.672. The van der Waals surface area contributed by atoms with E-state index in [1.54, 1.807) is 29.2 Å². The highest BCUT2D eigenvalue weighted by atomic mass is 35.5. The van der Waals surface area contributed by atoms with Crippen molar-refractivity contribution in [3.05, 3.63) is 64.9 Å². The molecule has 0 bridgehead atoms. The van der Waals surface area contributed by atoms with Gasteiger partial charge in [-0.05, 0) is 24.3 Å². The van der Waals surface area contributed by atoms with Crippen LogP contribution in [0.5, 0.6) is 0 Å². The van der Waals surface area contributed by atoms with Gasteiger partial charge in [-0.2, -0.15) is 0 Å². The van der Waals surface area contributed by atoms with Gasteiger partial charge in [-0.15, -0.1) is 5.10 Å². The van der Waals surface area contributed by atoms with Gasteiger partial charge in [-0.25, -0.2) is 9.67 Å². The molecule has 3 rings (SSSR count). The Hall–Kier alpha value is -2.02. The SMILES string of the molecule is O=C(CSc1ncn(-c2ccccc2)n1)Nc1cccc(Cl)c1Cl. The maximum Gasteiger partial charge on any atom is 0.234 e. The summed E-state index contributed by atoms with van der Waals surface area (Å²) in [5.41, 5.74) is 1.39. The van der Waals surface area contributed by atoms with Crippen LogP contribution < -0.4 is 5.32 Å². The fourth-order valence-electron chi connectivity index (χ4n) is 1.94. The van der Waals surface area contributed by atoms with E-state index in [4.69, 9.17) is 23.2 Å². The number of benzene rings is 2. The van der Waals surface area contributed by atoms with Crippen LogP contribution in [0.4, 0.5) is 5.69 Å². The number of para-hydroxylation sites is 1. The maximum atomic E-state index is 12.0. The molecule has 3 aromatic rings. The number of amides is 1. The molecule has 0 aliphatic rings. The van der Waals surface area contributed by atoms with Gasteiger partial charge in [0.25, 0.3) is 0 Å². The summed E-state index contributed by atoms with van der Waals surface area (Å²) >= 11 is 13.2. The van der Waals surface area contributed by atoms with Gasteiger partial charge >= 0.3 is 0 Å². The normalized spacial score (nSPS) is 10.6. The Labute approximate surface area is 153 Å². The molecule has 0 atom stereocenters. The number of nitrogens with one attached hydrogen (secondary N) is 1. The molecule has 0 fully saturated rings. The van der Waals surface area contributed by atoms with Crippen molar-refractivity contribution in [1.29, 1.82) is 0 Å². The number of thioether (sulfide) groups is 1. The van der Waals surface area contributed by atoms with Crippen LogP contribution in [-0.4, -0.2) is 26.4 Å². The van der Waals surface area contributed by atoms with E-state index in [-0.39, 0.29) is 11.7 Å². The second kappa shape index (κ2) is 7.70. The van der Waals surface area contributed by atoms with Crippen molar-refractivity contribution in [3.63, 3.8) is 0 Å². The molecule has 2 aromatic carbocycles. The fraction of sp³-hybridized carbons (Fsp3) is 0.0625. The first-order valence-corrected chi connectivity index (χ1v) is 8.71. The van der Waals surface area contributed by atoms with Gasteiger partial charge in [0.2, 0.25) is 11.1 Å². The highest BCUT2D eigenvalue weighted by Crippen LogP contribution is 2.29. The Morgan fingerprint density at radius 1 is 1.12 bits per heavy atom. The van der Waals surface area contributed by atoms with Crippen molar-refractivity contribution in [1.82, 2.24) is 14.8 Å². The summed E-state index contributed by atoms with van der Waals surface area (Å²) in [7, 11) is 0. The number of carbonyl (C=O) groups is 1. The van der Waals surface area contributed by atoms with Crippen molar-refractivity contribution in [2.24, 2.45) is 0 Å². The molecule has 8 heteroatoms. The highest BCUT2D eigenvalue weighted by Gasteiger charge is 2.10. The zero-order valence-corrected chi connectivity index (χ0v) is 14.6. The lowest BCUT2D eigenvalue weighted by Crippen LogP contribution is -2.14. The van der Waals surface area contributed by atoms with Crippen LogP contribution >= 0.6 is 35.0 Å². The molecule has 0 saturated heterocycles. The first-order valence-electron chi connectivity index (χ1n) is 6.97. The molecule has 5 nitrogen and oxygen atoms in total. The Bertz CT molecular complexity index is 854. The van der Waals surface area contributed by atoms with Crippen molar-refractivity contribution in [3.8, 4) is 5.69 Å². The minimum absolute atomic E-state index is 0.168. The van der Waals surface area contributed by atoms with Gasteiger partial charge in [0, 0.05) is 0 Å². The molecule has 1 heterocycles. The Balaban J connectivity index is 1.59. The van der Waals surface area contributed by atoms with Crippen LogP contribution in [-0.2, 0) is 4.79 Å². The molecule has 1 amide bonds. The minimum atomic E-state index is -0.208. The predicted molar refractivity (Wildman–Crippen MR) is 97.2 cm³/mol. The topological polar surface area (TPSA) is 59.8 Å². The standard InChI is InChI=1S/C16H12Cl2N4OS/c17-12-7-4-8-13(15(12)18)20-14(23)9-24-16-19-10-22(21-16)11-5-2-1-3-6-11/h1-8,10H,9H2,(H,20,23). The first kappa shape index (κ1) is 16.8. The smallest absolute Gasteiger partial charge is 0.234 e. The molecule has 0 spiro atoms. The van der Waals surface area contributed by atoms with E-state index in [1.807, 2.05) is 30.3 Å². The molecule has 1 aromatic heterocycles. The number of halogens is 2. The number of carbonyl (C=O) groups excluding carboxylic acids is 1. The molecule has 122 valence electrons. The first-order chi connectivity index (χ1) is 11.6. The Kier molecular flexibility index (Phi) is 5.40. The van der Waals surface area contributed by atoms with Gasteiger partial charge in [-0.3, -0.25) is 4.79 Å². The van der Waals surface area contributed by atoms with E-state index < -0.39 is 0 Å². The summed E-state index contributed by atoms with van der Waals surface area (Å²) in [4.78, 5) is 16.2. The second-order valence-electron chi connectivity index (χ2n) is 4.75. The fourth-order valence-corrected chi connectivity index (χ4v) is 2.88. The van der Waals surface area contributed by atoms with Crippen molar-refractivity contribution in [2.45, 2.75) is 5.16 Å². The number of rotatable bonds is 5. The zero-order chi connectivity index (χ0) is 16.9. The lowest BCUT2D eigenvalue weighted by atomic mass is 10.3. The zero-order valence-electron chi connectivity index (χ0n) is 12.3. The minimum Gasteiger partial charge on any atom is -0.324 e. The van der Waals surface area contributed by atoms with E-state index >= 15 is 0 Å². The largest absolute Gasteiger partial charge is 0.324 e. The average molecular weight is 379 g/mol. The summed E-state index contributed by atoms with van der Waals surface area (Å²) in [6.07, 6.45) is 1.61. The molecule has 0 radical (unpaired) electrons. The van der Waals surface area contributed by atoms with Crippen LogP contribution in [0.25, 0.3) is 5.69 Å². The van der Waals surface area contributed by atoms with Crippen molar-refractivity contribution < 1.29 is 4.79 Å². The summed E-state index contributed by atoms with van der Waals surface area (Å²) in [5, 5.41) is 8.29. The number of nitrogens with zero attached hydrogens (tertiary/aromatic N) is 3. The molecular weight excluding hydrogens is 367 g/mol. The third-order valence-electron chi connectivity index (χ3n) is 3.05.